The number of fused-ring (bicyclic) bond motifs is 1. The van der Waals surface area contributed by atoms with Crippen LogP contribution in [0.1, 0.15) is 38.0 Å². The van der Waals surface area contributed by atoms with Gasteiger partial charge in [-0.05, 0) is 19.1 Å². The van der Waals surface area contributed by atoms with Crippen LogP contribution in [0.15, 0.2) is 29.1 Å². The highest BCUT2D eigenvalue weighted by molar-refractivity contribution is 6.23. The molecule has 0 spiro atoms. The molecule has 3 N–H and O–H groups in total. The zero-order valence-corrected chi connectivity index (χ0v) is 11.8. The van der Waals surface area contributed by atoms with E-state index in [1.807, 2.05) is 5.32 Å². The topological polar surface area (TPSA) is 111 Å². The average Bonchev–Trinajstić information content (AvgIpc) is 2.74. The second-order valence-corrected chi connectivity index (χ2v) is 4.97. The van der Waals surface area contributed by atoms with Crippen LogP contribution < -0.4 is 16.6 Å². The zero-order valence-electron chi connectivity index (χ0n) is 11.8. The molecule has 23 heavy (non-hydrogen) atoms. The number of pyridine rings is 1. The SMILES string of the molecule is CC(=O)c1cccc(F)c1-n1c(N)c2c(cc1=O)C(=O)NC2=O. The van der Waals surface area contributed by atoms with Gasteiger partial charge in [0.1, 0.15) is 11.6 Å². The van der Waals surface area contributed by atoms with Gasteiger partial charge in [0, 0.05) is 11.6 Å². The molecule has 0 saturated heterocycles. The first-order valence-corrected chi connectivity index (χ1v) is 6.54. The van der Waals surface area contributed by atoms with E-state index in [9.17, 15) is 23.6 Å². The molecule has 3 rings (SSSR count). The summed E-state index contributed by atoms with van der Waals surface area (Å²) in [7, 11) is 0. The summed E-state index contributed by atoms with van der Waals surface area (Å²) in [5.74, 6) is -3.26. The Morgan fingerprint density at radius 3 is 2.57 bits per heavy atom. The summed E-state index contributed by atoms with van der Waals surface area (Å²) in [6, 6.07) is 4.61. The van der Waals surface area contributed by atoms with Crippen molar-refractivity contribution in [1.82, 2.24) is 9.88 Å². The number of hydrogen-bond acceptors (Lipinski definition) is 5. The molecular formula is C15H10FN3O4. The minimum absolute atomic E-state index is 0.0662. The summed E-state index contributed by atoms with van der Waals surface area (Å²) in [6.07, 6.45) is 0. The predicted octanol–water partition coefficient (Wildman–Crippen LogP) is 0.645. The van der Waals surface area contributed by atoms with Crippen molar-refractivity contribution in [3.63, 3.8) is 0 Å². The summed E-state index contributed by atoms with van der Waals surface area (Å²) in [6.45, 7) is 1.21. The minimum atomic E-state index is -0.851. The normalized spacial score (nSPS) is 13.0. The van der Waals surface area contributed by atoms with Gasteiger partial charge >= 0.3 is 0 Å². The van der Waals surface area contributed by atoms with E-state index in [1.165, 1.54) is 19.1 Å². The molecule has 0 atom stereocenters. The lowest BCUT2D eigenvalue weighted by molar-refractivity contribution is 0.0879. The fraction of sp³-hybridized carbons (Fsp3) is 0.0667. The Bertz CT molecular complexity index is 962. The summed E-state index contributed by atoms with van der Waals surface area (Å²) in [5, 5.41) is 2.01. The number of nitrogens with two attached hydrogens (primary N) is 1. The molecule has 1 aliphatic rings. The molecule has 2 heterocycles. The highest BCUT2D eigenvalue weighted by atomic mass is 19.1. The molecule has 0 radical (unpaired) electrons. The smallest absolute Gasteiger partial charge is 0.262 e. The van der Waals surface area contributed by atoms with Gasteiger partial charge in [-0.3, -0.25) is 29.1 Å². The van der Waals surface area contributed by atoms with Gasteiger partial charge in [-0.15, -0.1) is 0 Å². The number of carbonyl (C=O) groups is 3. The number of anilines is 1. The van der Waals surface area contributed by atoms with Gasteiger partial charge in [-0.25, -0.2) is 4.39 Å². The number of nitrogens with one attached hydrogen (secondary N) is 1. The van der Waals surface area contributed by atoms with Crippen LogP contribution in [0.3, 0.4) is 0 Å². The molecule has 0 unspecified atom stereocenters. The number of ketones is 1. The van der Waals surface area contributed by atoms with Crippen LogP contribution in [-0.4, -0.2) is 22.2 Å². The van der Waals surface area contributed by atoms with E-state index < -0.39 is 34.8 Å². The van der Waals surface area contributed by atoms with Gasteiger partial charge in [0.2, 0.25) is 0 Å². The molecule has 1 aliphatic heterocycles. The van der Waals surface area contributed by atoms with Gasteiger partial charge in [0.25, 0.3) is 17.4 Å². The van der Waals surface area contributed by atoms with E-state index >= 15 is 0 Å². The van der Waals surface area contributed by atoms with E-state index in [-0.39, 0.29) is 22.4 Å². The number of Topliss-reactive ketones (excluding diaryl/α,β-unsaturated/α-hetero) is 1. The number of benzene rings is 1. The number of nitrogens with zero attached hydrogens (tertiary/aromatic N) is 1. The zero-order chi connectivity index (χ0) is 16.9. The van der Waals surface area contributed by atoms with Crippen molar-refractivity contribution in [2.75, 3.05) is 5.73 Å². The molecule has 116 valence electrons. The number of rotatable bonds is 2. The lowest BCUT2D eigenvalue weighted by Crippen LogP contribution is -2.26. The molecule has 2 amide bonds. The maximum Gasteiger partial charge on any atom is 0.262 e. The van der Waals surface area contributed by atoms with Crippen LogP contribution in [0.2, 0.25) is 0 Å². The van der Waals surface area contributed by atoms with Gasteiger partial charge < -0.3 is 5.73 Å². The highest BCUT2D eigenvalue weighted by Crippen LogP contribution is 2.26. The monoisotopic (exact) mass is 315 g/mol. The Balaban J connectivity index is 2.43. The van der Waals surface area contributed by atoms with Crippen LogP contribution in [0, 0.1) is 5.82 Å². The summed E-state index contributed by atoms with van der Waals surface area (Å²) in [4.78, 5) is 47.4. The van der Waals surface area contributed by atoms with E-state index in [0.29, 0.717) is 0 Å². The first-order chi connectivity index (χ1) is 10.8. The van der Waals surface area contributed by atoms with Gasteiger partial charge in [0.05, 0.1) is 16.8 Å². The standard InChI is InChI=1S/C15H10FN3O4/c1-6(20)7-3-2-4-9(16)12(7)19-10(21)5-8-11(13(19)17)15(23)18-14(8)22/h2-5H,17H2,1H3,(H,18,22,23). The number of aromatic nitrogens is 1. The number of halogens is 1. The molecule has 2 aromatic rings. The van der Waals surface area contributed by atoms with E-state index in [2.05, 4.69) is 0 Å². The summed E-state index contributed by atoms with van der Waals surface area (Å²) < 4.78 is 15.0. The van der Waals surface area contributed by atoms with Crippen LogP contribution >= 0.6 is 0 Å². The van der Waals surface area contributed by atoms with Crippen LogP contribution in [0.5, 0.6) is 0 Å². The molecule has 0 aliphatic carbocycles. The number of nitrogen functional groups attached to an aromatic ring is 1. The van der Waals surface area contributed by atoms with Crippen LogP contribution in [0.4, 0.5) is 10.2 Å². The van der Waals surface area contributed by atoms with Crippen molar-refractivity contribution in [3.8, 4) is 5.69 Å². The average molecular weight is 315 g/mol. The first-order valence-electron chi connectivity index (χ1n) is 6.54. The number of para-hydroxylation sites is 1. The van der Waals surface area contributed by atoms with Crippen molar-refractivity contribution in [2.24, 2.45) is 0 Å². The second kappa shape index (κ2) is 4.87. The first kappa shape index (κ1) is 14.6. The van der Waals surface area contributed by atoms with Crippen molar-refractivity contribution in [1.29, 1.82) is 0 Å². The summed E-state index contributed by atoms with van der Waals surface area (Å²) >= 11 is 0. The Labute approximate surface area is 128 Å². The van der Waals surface area contributed by atoms with E-state index in [1.54, 1.807) is 0 Å². The van der Waals surface area contributed by atoms with Gasteiger partial charge in [-0.2, -0.15) is 0 Å². The molecular weight excluding hydrogens is 305 g/mol. The molecule has 0 bridgehead atoms. The highest BCUT2D eigenvalue weighted by Gasteiger charge is 2.32. The largest absolute Gasteiger partial charge is 0.384 e. The van der Waals surface area contributed by atoms with Crippen molar-refractivity contribution in [3.05, 3.63) is 57.1 Å². The van der Waals surface area contributed by atoms with Crippen LogP contribution in [0.25, 0.3) is 5.69 Å². The van der Waals surface area contributed by atoms with E-state index in [4.69, 9.17) is 5.73 Å². The van der Waals surface area contributed by atoms with Crippen molar-refractivity contribution < 1.29 is 18.8 Å². The minimum Gasteiger partial charge on any atom is -0.384 e. The van der Waals surface area contributed by atoms with Gasteiger partial charge in [-0.1, -0.05) is 6.07 Å². The summed E-state index contributed by atoms with van der Waals surface area (Å²) in [5.41, 5.74) is 4.21. The molecule has 0 fully saturated rings. The molecule has 0 saturated carbocycles. The quantitative estimate of drug-likeness (QED) is 0.624. The third-order valence-corrected chi connectivity index (χ3v) is 3.54. The lowest BCUT2D eigenvalue weighted by Gasteiger charge is -2.15. The Hall–Kier alpha value is -3.29. The fourth-order valence-corrected chi connectivity index (χ4v) is 2.54. The third kappa shape index (κ3) is 2.03. The Morgan fingerprint density at radius 1 is 1.22 bits per heavy atom. The Kier molecular flexibility index (Phi) is 3.10. The van der Waals surface area contributed by atoms with E-state index in [0.717, 1.165) is 16.7 Å². The molecule has 1 aromatic heterocycles. The third-order valence-electron chi connectivity index (χ3n) is 3.54. The maximum atomic E-state index is 14.2. The fourth-order valence-electron chi connectivity index (χ4n) is 2.54. The predicted molar refractivity (Wildman–Crippen MR) is 78.2 cm³/mol. The van der Waals surface area contributed by atoms with Crippen LogP contribution in [-0.2, 0) is 0 Å². The van der Waals surface area contributed by atoms with Gasteiger partial charge in [0.15, 0.2) is 5.78 Å². The Morgan fingerprint density at radius 2 is 1.91 bits per heavy atom. The van der Waals surface area contributed by atoms with Crippen molar-refractivity contribution >= 4 is 23.4 Å². The number of imide groups is 1. The van der Waals surface area contributed by atoms with Crippen molar-refractivity contribution in [2.45, 2.75) is 6.92 Å². The number of hydrogen-bond donors (Lipinski definition) is 2. The molecule has 8 heteroatoms. The lowest BCUT2D eigenvalue weighted by atomic mass is 10.1. The number of carbonyl (C=O) groups excluding carboxylic acids is 3. The molecule has 7 nitrogen and oxygen atoms in total. The second-order valence-electron chi connectivity index (χ2n) is 4.97. The maximum absolute atomic E-state index is 14.2. The molecule has 1 aromatic carbocycles. The number of amides is 2.